The second-order valence-electron chi connectivity index (χ2n) is 8.11. The number of nitrogens with two attached hydrogens (primary N) is 1. The number of hydrogen-bond donors (Lipinski definition) is 1. The minimum Gasteiger partial charge on any atom is -0.330 e. The lowest BCUT2D eigenvalue weighted by atomic mass is 9.82. The fraction of sp³-hybridized carbons (Fsp3) is 0.478. The molecule has 0 atom stereocenters. The third-order valence-corrected chi connectivity index (χ3v) is 6.35. The zero-order valence-corrected chi connectivity index (χ0v) is 18.1. The third kappa shape index (κ3) is 6.83. The Kier molecular flexibility index (Phi) is 7.77. The summed E-state index contributed by atoms with van der Waals surface area (Å²) in [5.74, 6) is 1.25. The van der Waals surface area contributed by atoms with Gasteiger partial charge in [-0.05, 0) is 79.5 Å². The van der Waals surface area contributed by atoms with Crippen LogP contribution in [0.25, 0.3) is 0 Å². The Hall–Kier alpha value is -1.37. The normalized spacial score (nSPS) is 20.2. The van der Waals surface area contributed by atoms with Crippen molar-refractivity contribution in [1.29, 1.82) is 0 Å². The van der Waals surface area contributed by atoms with E-state index in [-0.39, 0.29) is 0 Å². The molecule has 29 heavy (non-hydrogen) atoms. The lowest BCUT2D eigenvalue weighted by Gasteiger charge is -2.32. The van der Waals surface area contributed by atoms with Gasteiger partial charge in [0.15, 0.2) is 0 Å². The Morgan fingerprint density at radius 2 is 1.31 bits per heavy atom. The number of alkyl halides is 3. The number of benzene rings is 2. The van der Waals surface area contributed by atoms with Crippen LogP contribution >= 0.6 is 15.9 Å². The molecule has 0 heterocycles. The highest BCUT2D eigenvalue weighted by atomic mass is 79.9. The van der Waals surface area contributed by atoms with Crippen molar-refractivity contribution in [1.82, 2.24) is 4.90 Å². The van der Waals surface area contributed by atoms with Crippen LogP contribution in [0.5, 0.6) is 0 Å². The van der Waals surface area contributed by atoms with Crippen LogP contribution in [0.4, 0.5) is 13.2 Å². The first kappa shape index (κ1) is 22.3. The second kappa shape index (κ2) is 10.1. The maximum Gasteiger partial charge on any atom is 0.416 e. The lowest BCUT2D eigenvalue weighted by Crippen LogP contribution is -2.32. The highest BCUT2D eigenvalue weighted by Gasteiger charge is 2.30. The molecule has 0 saturated heterocycles. The lowest BCUT2D eigenvalue weighted by molar-refractivity contribution is -0.137. The monoisotopic (exact) mass is 468 g/mol. The topological polar surface area (TPSA) is 29.3 Å². The highest BCUT2D eigenvalue weighted by molar-refractivity contribution is 9.10. The van der Waals surface area contributed by atoms with Crippen LogP contribution in [0.1, 0.15) is 42.4 Å². The average Bonchev–Trinajstić information content (AvgIpc) is 2.70. The molecule has 0 bridgehead atoms. The molecule has 0 amide bonds. The Morgan fingerprint density at radius 3 is 1.79 bits per heavy atom. The summed E-state index contributed by atoms with van der Waals surface area (Å²) < 4.78 is 39.6. The Balaban J connectivity index is 1.69. The Labute approximate surface area is 179 Å². The molecular weight excluding hydrogens is 441 g/mol. The summed E-state index contributed by atoms with van der Waals surface area (Å²) >= 11 is 3.46. The molecule has 1 aliphatic rings. The van der Waals surface area contributed by atoms with Crippen LogP contribution in [-0.4, -0.2) is 18.0 Å². The van der Waals surface area contributed by atoms with Crippen molar-refractivity contribution in [2.24, 2.45) is 17.6 Å². The van der Waals surface area contributed by atoms with Gasteiger partial charge in [0.05, 0.1) is 5.56 Å². The SMILES string of the molecule is NCC1CCC(CN(Cc2ccc(Br)cc2)Cc2ccc(C(F)(F)F)cc2)CC1. The van der Waals surface area contributed by atoms with E-state index in [0.29, 0.717) is 18.4 Å². The molecule has 2 aromatic rings. The van der Waals surface area contributed by atoms with Crippen LogP contribution in [0, 0.1) is 11.8 Å². The van der Waals surface area contributed by atoms with Crippen LogP contribution in [-0.2, 0) is 19.3 Å². The quantitative estimate of drug-likeness (QED) is 0.521. The highest BCUT2D eigenvalue weighted by Crippen LogP contribution is 2.31. The van der Waals surface area contributed by atoms with Crippen LogP contribution in [0.15, 0.2) is 53.0 Å². The van der Waals surface area contributed by atoms with Crippen molar-refractivity contribution < 1.29 is 13.2 Å². The van der Waals surface area contributed by atoms with E-state index < -0.39 is 11.7 Å². The van der Waals surface area contributed by atoms with Gasteiger partial charge in [-0.25, -0.2) is 0 Å². The molecule has 0 aromatic heterocycles. The van der Waals surface area contributed by atoms with Gasteiger partial charge in [-0.1, -0.05) is 40.2 Å². The number of nitrogens with zero attached hydrogens (tertiary/aromatic N) is 1. The van der Waals surface area contributed by atoms with Crippen LogP contribution in [0.2, 0.25) is 0 Å². The summed E-state index contributed by atoms with van der Waals surface area (Å²) in [4.78, 5) is 2.36. The van der Waals surface area contributed by atoms with Crippen molar-refractivity contribution in [3.8, 4) is 0 Å². The molecule has 1 saturated carbocycles. The van der Waals surface area contributed by atoms with Crippen molar-refractivity contribution in [3.05, 3.63) is 69.7 Å². The predicted molar refractivity (Wildman–Crippen MR) is 114 cm³/mol. The molecule has 0 unspecified atom stereocenters. The van der Waals surface area contributed by atoms with E-state index in [9.17, 15) is 13.2 Å². The van der Waals surface area contributed by atoms with Gasteiger partial charge in [-0.15, -0.1) is 0 Å². The fourth-order valence-electron chi connectivity index (χ4n) is 4.11. The van der Waals surface area contributed by atoms with Crippen LogP contribution < -0.4 is 5.73 Å². The standard InChI is InChI=1S/C23H28BrF3N2/c24-22-11-7-20(8-12-22)16-29(14-18-3-1-17(13-28)2-4-18)15-19-5-9-21(10-6-19)23(25,26)27/h5-12,17-18H,1-4,13-16,28H2. The molecule has 0 radical (unpaired) electrons. The Morgan fingerprint density at radius 1 is 0.828 bits per heavy atom. The minimum absolute atomic E-state index is 0.596. The maximum absolute atomic E-state index is 12.8. The zero-order chi connectivity index (χ0) is 20.9. The van der Waals surface area contributed by atoms with Gasteiger partial charge >= 0.3 is 6.18 Å². The summed E-state index contributed by atoms with van der Waals surface area (Å²) in [5.41, 5.74) is 7.33. The van der Waals surface area contributed by atoms with Gasteiger partial charge in [-0.2, -0.15) is 13.2 Å². The molecule has 2 aromatic carbocycles. The molecule has 2 N–H and O–H groups in total. The number of hydrogen-bond acceptors (Lipinski definition) is 2. The summed E-state index contributed by atoms with van der Waals surface area (Å²) in [7, 11) is 0. The first-order valence-corrected chi connectivity index (χ1v) is 11.0. The van der Waals surface area contributed by atoms with Crippen molar-refractivity contribution in [2.45, 2.75) is 44.9 Å². The van der Waals surface area contributed by atoms with Gasteiger partial charge < -0.3 is 5.73 Å². The Bertz CT molecular complexity index is 751. The molecular formula is C23H28BrF3N2. The average molecular weight is 469 g/mol. The predicted octanol–water partition coefficient (Wildman–Crippen LogP) is 6.24. The molecule has 6 heteroatoms. The first-order chi connectivity index (χ1) is 13.8. The van der Waals surface area contributed by atoms with Gasteiger partial charge in [0.2, 0.25) is 0 Å². The van der Waals surface area contributed by atoms with Crippen molar-refractivity contribution in [2.75, 3.05) is 13.1 Å². The van der Waals surface area contributed by atoms with Gasteiger partial charge in [0.1, 0.15) is 0 Å². The van der Waals surface area contributed by atoms with E-state index in [1.54, 1.807) is 12.1 Å². The van der Waals surface area contributed by atoms with Crippen molar-refractivity contribution in [3.63, 3.8) is 0 Å². The van der Waals surface area contributed by atoms with E-state index in [4.69, 9.17) is 5.73 Å². The van der Waals surface area contributed by atoms with Crippen LogP contribution in [0.3, 0.4) is 0 Å². The van der Waals surface area contributed by atoms with E-state index in [1.807, 2.05) is 12.1 Å². The molecule has 1 aliphatic carbocycles. The maximum atomic E-state index is 12.8. The molecule has 1 fully saturated rings. The summed E-state index contributed by atoms with van der Waals surface area (Å²) in [5, 5.41) is 0. The summed E-state index contributed by atoms with van der Waals surface area (Å²) in [6, 6.07) is 13.8. The summed E-state index contributed by atoms with van der Waals surface area (Å²) in [6.07, 6.45) is 0.399. The number of rotatable bonds is 7. The van der Waals surface area contributed by atoms with E-state index in [1.165, 1.54) is 43.4 Å². The fourth-order valence-corrected chi connectivity index (χ4v) is 4.37. The molecule has 158 valence electrons. The summed E-state index contributed by atoms with van der Waals surface area (Å²) in [6.45, 7) is 3.14. The van der Waals surface area contributed by atoms with E-state index >= 15 is 0 Å². The second-order valence-corrected chi connectivity index (χ2v) is 9.03. The van der Waals surface area contributed by atoms with Gasteiger partial charge in [0.25, 0.3) is 0 Å². The van der Waals surface area contributed by atoms with Gasteiger partial charge in [0, 0.05) is 24.1 Å². The molecule has 0 spiro atoms. The van der Waals surface area contributed by atoms with E-state index in [0.717, 1.165) is 29.7 Å². The van der Waals surface area contributed by atoms with E-state index in [2.05, 4.69) is 33.0 Å². The smallest absolute Gasteiger partial charge is 0.330 e. The largest absolute Gasteiger partial charge is 0.416 e. The minimum atomic E-state index is -4.29. The first-order valence-electron chi connectivity index (χ1n) is 10.2. The van der Waals surface area contributed by atoms with Crippen molar-refractivity contribution >= 4 is 15.9 Å². The third-order valence-electron chi connectivity index (χ3n) is 5.82. The zero-order valence-electron chi connectivity index (χ0n) is 16.5. The molecule has 3 rings (SSSR count). The van der Waals surface area contributed by atoms with Gasteiger partial charge in [-0.3, -0.25) is 4.90 Å². The molecule has 0 aliphatic heterocycles. The number of halogens is 4. The molecule has 2 nitrogen and oxygen atoms in total.